The number of aliphatic imine (C=N–C) groups is 1. The zero-order valence-electron chi connectivity index (χ0n) is 22.9. The standard InChI is InChI=1S/C29H23F4N5O4S/c1-15(2)20-10-4-16(3)12-23(20)38-24(39)14-43-28(38)35-27(40)34-22-11-7-18(13-21(22)30)26-37-36-25(41-26)17-5-8-19(9-6-17)42-29(31,32)33/h4-13,15H,14H2,1-3H3,(H,34,40). The Morgan fingerprint density at radius 2 is 1.72 bits per heavy atom. The van der Waals surface area contributed by atoms with Gasteiger partial charge in [0.05, 0.1) is 17.1 Å². The molecule has 0 atom stereocenters. The number of anilines is 2. The van der Waals surface area contributed by atoms with Crippen molar-refractivity contribution < 1.29 is 36.3 Å². The van der Waals surface area contributed by atoms with Crippen LogP contribution in [0.1, 0.15) is 30.9 Å². The second-order valence-electron chi connectivity index (χ2n) is 9.74. The molecule has 14 heteroatoms. The van der Waals surface area contributed by atoms with Gasteiger partial charge in [0.1, 0.15) is 11.6 Å². The van der Waals surface area contributed by atoms with Crippen LogP contribution >= 0.6 is 11.8 Å². The second-order valence-corrected chi connectivity index (χ2v) is 10.7. The lowest BCUT2D eigenvalue weighted by Crippen LogP contribution is -2.31. The maximum atomic E-state index is 15.0. The molecule has 0 spiro atoms. The molecular formula is C29H23F4N5O4S. The van der Waals surface area contributed by atoms with Crippen LogP contribution in [0, 0.1) is 12.7 Å². The lowest BCUT2D eigenvalue weighted by Gasteiger charge is -2.22. The largest absolute Gasteiger partial charge is 0.573 e. The fraction of sp³-hybridized carbons (Fsp3) is 0.207. The predicted molar refractivity (Wildman–Crippen MR) is 153 cm³/mol. The van der Waals surface area contributed by atoms with Gasteiger partial charge in [-0.1, -0.05) is 37.7 Å². The molecule has 1 aliphatic heterocycles. The van der Waals surface area contributed by atoms with E-state index in [1.807, 2.05) is 39.0 Å². The van der Waals surface area contributed by atoms with Crippen molar-refractivity contribution in [2.45, 2.75) is 33.1 Å². The lowest BCUT2D eigenvalue weighted by molar-refractivity contribution is -0.274. The van der Waals surface area contributed by atoms with Gasteiger partial charge in [0.25, 0.3) is 0 Å². The molecule has 43 heavy (non-hydrogen) atoms. The highest BCUT2D eigenvalue weighted by atomic mass is 32.2. The number of rotatable bonds is 6. The Balaban J connectivity index is 1.31. The Bertz CT molecular complexity index is 1720. The van der Waals surface area contributed by atoms with Crippen LogP contribution in [0.2, 0.25) is 0 Å². The van der Waals surface area contributed by atoms with Gasteiger partial charge in [-0.2, -0.15) is 4.99 Å². The van der Waals surface area contributed by atoms with Gasteiger partial charge in [-0.15, -0.1) is 23.4 Å². The third-order valence-electron chi connectivity index (χ3n) is 6.23. The van der Waals surface area contributed by atoms with Gasteiger partial charge in [0.2, 0.25) is 17.7 Å². The molecule has 1 fully saturated rings. The molecular weight excluding hydrogens is 590 g/mol. The van der Waals surface area contributed by atoms with Crippen molar-refractivity contribution in [2.75, 3.05) is 16.0 Å². The Morgan fingerprint density at radius 3 is 2.37 bits per heavy atom. The van der Waals surface area contributed by atoms with Crippen molar-refractivity contribution in [3.05, 3.63) is 77.6 Å². The molecule has 9 nitrogen and oxygen atoms in total. The molecule has 3 amide bonds. The lowest BCUT2D eigenvalue weighted by atomic mass is 9.99. The fourth-order valence-corrected chi connectivity index (χ4v) is 5.11. The highest BCUT2D eigenvalue weighted by molar-refractivity contribution is 8.15. The summed E-state index contributed by atoms with van der Waals surface area (Å²) >= 11 is 1.11. The summed E-state index contributed by atoms with van der Waals surface area (Å²) in [4.78, 5) is 31.0. The normalized spacial score (nSPS) is 14.6. The number of hydrogen-bond donors (Lipinski definition) is 1. The highest BCUT2D eigenvalue weighted by Crippen LogP contribution is 2.34. The third-order valence-corrected chi connectivity index (χ3v) is 7.15. The molecule has 1 saturated heterocycles. The number of aryl methyl sites for hydroxylation is 1. The van der Waals surface area contributed by atoms with Gasteiger partial charge < -0.3 is 14.5 Å². The van der Waals surface area contributed by atoms with Crippen molar-refractivity contribution in [1.29, 1.82) is 0 Å². The first-order valence-corrected chi connectivity index (χ1v) is 13.8. The predicted octanol–water partition coefficient (Wildman–Crippen LogP) is 7.54. The summed E-state index contributed by atoms with van der Waals surface area (Å²) in [5, 5.41) is 10.3. The number of alkyl halides is 3. The first-order chi connectivity index (χ1) is 20.4. The Morgan fingerprint density at radius 1 is 1.05 bits per heavy atom. The van der Waals surface area contributed by atoms with Crippen LogP contribution in [0.15, 0.2) is 70.1 Å². The quantitative estimate of drug-likeness (QED) is 0.224. The molecule has 222 valence electrons. The van der Waals surface area contributed by atoms with E-state index in [9.17, 15) is 27.2 Å². The number of halogens is 4. The molecule has 1 N–H and O–H groups in total. The number of carbonyl (C=O) groups is 2. The number of nitrogens with zero attached hydrogens (tertiary/aromatic N) is 4. The van der Waals surface area contributed by atoms with E-state index in [-0.39, 0.29) is 45.8 Å². The number of hydrogen-bond acceptors (Lipinski definition) is 7. The Hall–Kier alpha value is -4.72. The highest BCUT2D eigenvalue weighted by Gasteiger charge is 2.33. The summed E-state index contributed by atoms with van der Waals surface area (Å²) in [7, 11) is 0. The molecule has 3 aromatic carbocycles. The number of aromatic nitrogens is 2. The minimum atomic E-state index is -4.82. The van der Waals surface area contributed by atoms with E-state index in [2.05, 4.69) is 25.2 Å². The molecule has 0 saturated carbocycles. The number of thioether (sulfide) groups is 1. The average Bonchev–Trinajstić information content (AvgIpc) is 3.56. The minimum absolute atomic E-state index is 0.00966. The second kappa shape index (κ2) is 11.9. The first kappa shape index (κ1) is 29.8. The van der Waals surface area contributed by atoms with E-state index >= 15 is 0 Å². The SMILES string of the molecule is Cc1ccc(C(C)C)c(N2C(=O)CSC2=NC(=O)Nc2ccc(-c3nnc(-c4ccc(OC(F)(F)F)cc4)o3)cc2F)c1. The van der Waals surface area contributed by atoms with Gasteiger partial charge >= 0.3 is 12.4 Å². The first-order valence-electron chi connectivity index (χ1n) is 12.8. The zero-order valence-corrected chi connectivity index (χ0v) is 23.7. The number of amidine groups is 1. The van der Waals surface area contributed by atoms with Crippen LogP contribution in [0.4, 0.5) is 33.7 Å². The third kappa shape index (κ3) is 6.85. The van der Waals surface area contributed by atoms with E-state index in [0.717, 1.165) is 41.1 Å². The van der Waals surface area contributed by atoms with Crippen LogP contribution in [-0.4, -0.2) is 39.4 Å². The van der Waals surface area contributed by atoms with Crippen LogP contribution < -0.4 is 15.0 Å². The Kier molecular flexibility index (Phi) is 8.22. The van der Waals surface area contributed by atoms with Crippen LogP contribution in [0.3, 0.4) is 0 Å². The maximum Gasteiger partial charge on any atom is 0.573 e. The molecule has 0 aliphatic carbocycles. The van der Waals surface area contributed by atoms with E-state index < -0.39 is 24.0 Å². The summed E-state index contributed by atoms with van der Waals surface area (Å²) < 4.78 is 61.5. The maximum absolute atomic E-state index is 15.0. The summed E-state index contributed by atoms with van der Waals surface area (Å²) in [6, 6.07) is 13.5. The van der Waals surface area contributed by atoms with E-state index in [4.69, 9.17) is 4.42 Å². The topological polar surface area (TPSA) is 110 Å². The van der Waals surface area contributed by atoms with E-state index in [0.29, 0.717) is 11.3 Å². The summed E-state index contributed by atoms with van der Waals surface area (Å²) in [6.07, 6.45) is -4.82. The van der Waals surface area contributed by atoms with Gasteiger partial charge in [0.15, 0.2) is 5.17 Å². The Labute approximate surface area is 247 Å². The number of ether oxygens (including phenoxy) is 1. The molecule has 1 aliphatic rings. The number of amides is 3. The number of carbonyl (C=O) groups excluding carboxylic acids is 2. The van der Waals surface area contributed by atoms with Crippen molar-refractivity contribution >= 4 is 40.2 Å². The minimum Gasteiger partial charge on any atom is -0.416 e. The smallest absolute Gasteiger partial charge is 0.416 e. The molecule has 2 heterocycles. The van der Waals surface area contributed by atoms with Gasteiger partial charge in [-0.25, -0.2) is 9.18 Å². The number of nitrogens with one attached hydrogen (secondary N) is 1. The van der Waals surface area contributed by atoms with E-state index in [1.54, 1.807) is 0 Å². The van der Waals surface area contributed by atoms with Crippen LogP contribution in [0.25, 0.3) is 22.9 Å². The monoisotopic (exact) mass is 613 g/mol. The van der Waals surface area contributed by atoms with Crippen molar-refractivity contribution in [2.24, 2.45) is 4.99 Å². The van der Waals surface area contributed by atoms with E-state index in [1.165, 1.54) is 29.2 Å². The van der Waals surface area contributed by atoms with Crippen molar-refractivity contribution in [1.82, 2.24) is 10.2 Å². The fourth-order valence-electron chi connectivity index (χ4n) is 4.25. The zero-order chi connectivity index (χ0) is 30.9. The van der Waals surface area contributed by atoms with Gasteiger partial charge in [-0.05, 0) is 72.5 Å². The number of benzene rings is 3. The molecule has 4 aromatic rings. The van der Waals surface area contributed by atoms with Gasteiger partial charge in [-0.3, -0.25) is 9.69 Å². The van der Waals surface area contributed by atoms with Gasteiger partial charge in [0, 0.05) is 11.1 Å². The number of urea groups is 1. The van der Waals surface area contributed by atoms with Crippen molar-refractivity contribution in [3.63, 3.8) is 0 Å². The summed E-state index contributed by atoms with van der Waals surface area (Å²) in [5.74, 6) is -1.29. The molecule has 1 aromatic heterocycles. The summed E-state index contributed by atoms with van der Waals surface area (Å²) in [6.45, 7) is 5.91. The molecule has 0 radical (unpaired) electrons. The van der Waals surface area contributed by atoms with Crippen LogP contribution in [0.5, 0.6) is 5.75 Å². The average molecular weight is 614 g/mol. The molecule has 5 rings (SSSR count). The molecule has 0 unspecified atom stereocenters. The van der Waals surface area contributed by atoms with Crippen molar-refractivity contribution in [3.8, 4) is 28.7 Å². The molecule has 0 bridgehead atoms. The van der Waals surface area contributed by atoms with Crippen LogP contribution in [-0.2, 0) is 4.79 Å². The summed E-state index contributed by atoms with van der Waals surface area (Å²) in [5.41, 5.74) is 2.86.